The Labute approximate surface area is 126 Å². The molecule has 9 heteroatoms. The number of rotatable bonds is 2. The molecule has 0 bridgehead atoms. The summed E-state index contributed by atoms with van der Waals surface area (Å²) < 4.78 is 22.7. The molecule has 116 valence electrons. The largest absolute Gasteiger partial charge is 0.311 e. The van der Waals surface area contributed by atoms with E-state index in [0.29, 0.717) is 5.69 Å². The van der Waals surface area contributed by atoms with Crippen molar-refractivity contribution in [3.8, 4) is 0 Å². The van der Waals surface area contributed by atoms with E-state index in [2.05, 4.69) is 0 Å². The van der Waals surface area contributed by atoms with E-state index in [1.807, 2.05) is 0 Å². The lowest BCUT2D eigenvalue weighted by Crippen LogP contribution is -2.32. The molecule has 0 aliphatic carbocycles. The van der Waals surface area contributed by atoms with Gasteiger partial charge in [-0.05, 0) is 18.2 Å². The Bertz CT molecular complexity index is 817. The van der Waals surface area contributed by atoms with Crippen LogP contribution in [0, 0.1) is 0 Å². The van der Waals surface area contributed by atoms with Crippen molar-refractivity contribution in [3.05, 3.63) is 29.3 Å². The van der Waals surface area contributed by atoms with E-state index in [0.717, 1.165) is 4.90 Å². The predicted molar refractivity (Wildman–Crippen MR) is 76.7 cm³/mol. The lowest BCUT2D eigenvalue weighted by molar-refractivity contribution is -0.117. The molecule has 0 spiro atoms. The Hall–Kier alpha value is -2.26. The number of sulfonamides is 1. The maximum Gasteiger partial charge on any atom is 0.261 e. The van der Waals surface area contributed by atoms with Gasteiger partial charge >= 0.3 is 0 Å². The first-order valence-corrected chi connectivity index (χ1v) is 8.09. The van der Waals surface area contributed by atoms with E-state index >= 15 is 0 Å². The molecule has 2 aliphatic rings. The van der Waals surface area contributed by atoms with Crippen LogP contribution in [0.5, 0.6) is 0 Å². The highest BCUT2D eigenvalue weighted by Crippen LogP contribution is 2.29. The number of fused-ring (bicyclic) bond motifs is 1. The lowest BCUT2D eigenvalue weighted by atomic mass is 10.1. The van der Waals surface area contributed by atoms with Crippen molar-refractivity contribution < 1.29 is 22.8 Å². The van der Waals surface area contributed by atoms with Gasteiger partial charge in [-0.1, -0.05) is 0 Å². The summed E-state index contributed by atoms with van der Waals surface area (Å²) in [4.78, 5) is 38.0. The third-order valence-electron chi connectivity index (χ3n) is 3.94. The smallest absolute Gasteiger partial charge is 0.261 e. The van der Waals surface area contributed by atoms with E-state index in [-0.39, 0.29) is 30.0 Å². The average molecular weight is 323 g/mol. The predicted octanol–water partition coefficient (Wildman–Crippen LogP) is -0.694. The maximum atomic E-state index is 12.0. The zero-order chi connectivity index (χ0) is 16.2. The molecule has 1 fully saturated rings. The van der Waals surface area contributed by atoms with E-state index in [1.54, 1.807) is 0 Å². The van der Waals surface area contributed by atoms with Gasteiger partial charge in [0.25, 0.3) is 11.8 Å². The number of carbonyl (C=O) groups excluding carboxylic acids is 3. The normalized spacial score (nSPS) is 21.7. The van der Waals surface area contributed by atoms with E-state index in [4.69, 9.17) is 5.14 Å². The van der Waals surface area contributed by atoms with Gasteiger partial charge in [-0.15, -0.1) is 0 Å². The van der Waals surface area contributed by atoms with Crippen LogP contribution in [0.15, 0.2) is 18.2 Å². The zero-order valence-corrected chi connectivity index (χ0v) is 12.5. The van der Waals surface area contributed by atoms with Crippen LogP contribution in [-0.2, 0) is 14.8 Å². The fourth-order valence-electron chi connectivity index (χ4n) is 2.66. The topological polar surface area (TPSA) is 118 Å². The summed E-state index contributed by atoms with van der Waals surface area (Å²) in [6.45, 7) is -0.0611. The van der Waals surface area contributed by atoms with Gasteiger partial charge in [-0.25, -0.2) is 13.6 Å². The van der Waals surface area contributed by atoms with Crippen molar-refractivity contribution in [2.75, 3.05) is 18.5 Å². The van der Waals surface area contributed by atoms with Crippen LogP contribution < -0.4 is 10.0 Å². The van der Waals surface area contributed by atoms with Gasteiger partial charge in [-0.3, -0.25) is 19.3 Å². The zero-order valence-electron chi connectivity index (χ0n) is 11.6. The Morgan fingerprint density at radius 3 is 2.36 bits per heavy atom. The molecule has 3 rings (SSSR count). The summed E-state index contributed by atoms with van der Waals surface area (Å²) in [6.07, 6.45) is -0.192. The van der Waals surface area contributed by atoms with Crippen LogP contribution >= 0.6 is 0 Å². The number of imide groups is 1. The van der Waals surface area contributed by atoms with Crippen LogP contribution in [0.25, 0.3) is 0 Å². The van der Waals surface area contributed by atoms with Crippen molar-refractivity contribution in [2.45, 2.75) is 11.7 Å². The summed E-state index contributed by atoms with van der Waals surface area (Å²) in [7, 11) is -2.43. The second-order valence-corrected chi connectivity index (χ2v) is 7.16. The molecule has 1 atom stereocenters. The number of nitrogens with zero attached hydrogens (tertiary/aromatic N) is 2. The van der Waals surface area contributed by atoms with Crippen LogP contribution in [0.3, 0.4) is 0 Å². The first-order valence-electron chi connectivity index (χ1n) is 6.48. The van der Waals surface area contributed by atoms with Crippen LogP contribution in [0.4, 0.5) is 5.69 Å². The highest BCUT2D eigenvalue weighted by molar-refractivity contribution is 7.89. The molecule has 2 aliphatic heterocycles. The summed E-state index contributed by atoms with van der Waals surface area (Å²) in [5.41, 5.74) is 0.856. The molecule has 0 radical (unpaired) electrons. The molecule has 22 heavy (non-hydrogen) atoms. The number of anilines is 1. The Morgan fingerprint density at radius 2 is 1.77 bits per heavy atom. The molecule has 3 amide bonds. The molecule has 1 aromatic carbocycles. The fourth-order valence-corrected chi connectivity index (χ4v) is 3.39. The molecule has 2 N–H and O–H groups in total. The SMILES string of the molecule is CN1C(=O)c2ccc(N3CC(S(N)(=O)=O)CC3=O)cc2C1=O. The first-order chi connectivity index (χ1) is 10.2. The third kappa shape index (κ3) is 2.09. The monoisotopic (exact) mass is 323 g/mol. The Morgan fingerprint density at radius 1 is 1.14 bits per heavy atom. The van der Waals surface area contributed by atoms with E-state index in [9.17, 15) is 22.8 Å². The summed E-state index contributed by atoms with van der Waals surface area (Å²) in [6, 6.07) is 4.42. The van der Waals surface area contributed by atoms with Gasteiger partial charge < -0.3 is 4.90 Å². The highest BCUT2D eigenvalue weighted by atomic mass is 32.2. The van der Waals surface area contributed by atoms with Gasteiger partial charge in [0.15, 0.2) is 0 Å². The standard InChI is InChI=1S/C13H13N3O5S/c1-15-12(18)9-3-2-7(4-10(9)13(15)19)16-6-8(5-11(16)17)22(14,20)21/h2-4,8H,5-6H2,1H3,(H2,14,20,21). The number of nitrogens with two attached hydrogens (primary N) is 1. The molecule has 8 nitrogen and oxygen atoms in total. The van der Waals surface area contributed by atoms with E-state index in [1.165, 1.54) is 30.1 Å². The fraction of sp³-hybridized carbons (Fsp3) is 0.308. The minimum absolute atomic E-state index is 0.0611. The van der Waals surface area contributed by atoms with Crippen molar-refractivity contribution in [2.24, 2.45) is 5.14 Å². The molecule has 1 saturated heterocycles. The van der Waals surface area contributed by atoms with Crippen molar-refractivity contribution >= 4 is 33.4 Å². The van der Waals surface area contributed by atoms with Gasteiger partial charge in [-0.2, -0.15) is 0 Å². The molecule has 1 aromatic rings. The quantitative estimate of drug-likeness (QED) is 0.723. The first kappa shape index (κ1) is 14.7. The number of amides is 3. The van der Waals surface area contributed by atoms with Crippen molar-refractivity contribution in [3.63, 3.8) is 0 Å². The molecular formula is C13H13N3O5S. The van der Waals surface area contributed by atoms with Crippen LogP contribution in [0.2, 0.25) is 0 Å². The van der Waals surface area contributed by atoms with Crippen LogP contribution in [-0.4, -0.2) is 49.9 Å². The molecule has 2 heterocycles. The van der Waals surface area contributed by atoms with Crippen LogP contribution in [0.1, 0.15) is 27.1 Å². The second-order valence-electron chi connectivity index (χ2n) is 5.32. The molecule has 1 unspecified atom stereocenters. The number of carbonyl (C=O) groups is 3. The molecule has 0 aromatic heterocycles. The second kappa shape index (κ2) is 4.62. The van der Waals surface area contributed by atoms with Gasteiger partial charge in [0.2, 0.25) is 15.9 Å². The minimum Gasteiger partial charge on any atom is -0.311 e. The summed E-state index contributed by atoms with van der Waals surface area (Å²) in [5.74, 6) is -1.23. The van der Waals surface area contributed by atoms with Gasteiger partial charge in [0, 0.05) is 25.7 Å². The van der Waals surface area contributed by atoms with E-state index < -0.39 is 27.1 Å². The lowest BCUT2D eigenvalue weighted by Gasteiger charge is -2.16. The Balaban J connectivity index is 1.97. The minimum atomic E-state index is -3.81. The van der Waals surface area contributed by atoms with Gasteiger partial charge in [0.1, 0.15) is 5.25 Å². The maximum absolute atomic E-state index is 12.0. The summed E-state index contributed by atoms with van der Waals surface area (Å²) in [5, 5.41) is 4.12. The summed E-state index contributed by atoms with van der Waals surface area (Å²) >= 11 is 0. The van der Waals surface area contributed by atoms with Gasteiger partial charge in [0.05, 0.1) is 11.1 Å². The Kier molecular flexibility index (Phi) is 3.08. The van der Waals surface area contributed by atoms with Crippen molar-refractivity contribution in [1.82, 2.24) is 4.90 Å². The number of hydrogen-bond acceptors (Lipinski definition) is 5. The molecule has 0 saturated carbocycles. The third-order valence-corrected chi connectivity index (χ3v) is 5.18. The number of primary sulfonamides is 1. The average Bonchev–Trinajstić information content (AvgIpc) is 2.94. The van der Waals surface area contributed by atoms with Crippen molar-refractivity contribution in [1.29, 1.82) is 0 Å². The number of benzene rings is 1. The number of hydrogen-bond donors (Lipinski definition) is 1. The highest BCUT2D eigenvalue weighted by Gasteiger charge is 2.39. The molecular weight excluding hydrogens is 310 g/mol.